The lowest BCUT2D eigenvalue weighted by molar-refractivity contribution is 0.0949. The number of pyridine rings is 1. The number of methoxy groups -OCH3 is 3. The Labute approximate surface area is 250 Å². The molecule has 0 radical (unpaired) electrons. The minimum absolute atomic E-state index is 0.0799. The molecule has 4 aromatic rings. The molecular formula is C29H33N7O6S. The van der Waals surface area contributed by atoms with Crippen LogP contribution in [0, 0.1) is 6.92 Å². The third kappa shape index (κ3) is 6.21. The summed E-state index contributed by atoms with van der Waals surface area (Å²) in [6, 6.07) is 7.10. The molecule has 14 heteroatoms. The second-order valence-electron chi connectivity index (χ2n) is 9.84. The average Bonchev–Trinajstić information content (AvgIpc) is 3.43. The van der Waals surface area contributed by atoms with Gasteiger partial charge in [-0.15, -0.1) is 10.2 Å². The van der Waals surface area contributed by atoms with Crippen molar-refractivity contribution in [2.45, 2.75) is 31.6 Å². The maximum atomic E-state index is 13.9. The van der Waals surface area contributed by atoms with Gasteiger partial charge in [-0.1, -0.05) is 12.1 Å². The van der Waals surface area contributed by atoms with E-state index < -0.39 is 21.4 Å². The van der Waals surface area contributed by atoms with Gasteiger partial charge >= 0.3 is 0 Å². The quantitative estimate of drug-likeness (QED) is 0.265. The average molecular weight is 608 g/mol. The molecule has 0 saturated heterocycles. The summed E-state index contributed by atoms with van der Waals surface area (Å²) in [5, 5.41) is 7.45. The Hall–Kier alpha value is -4.40. The van der Waals surface area contributed by atoms with E-state index in [9.17, 15) is 8.42 Å². The predicted molar refractivity (Wildman–Crippen MR) is 160 cm³/mol. The van der Waals surface area contributed by atoms with Crippen LogP contribution in [0.25, 0.3) is 22.6 Å². The van der Waals surface area contributed by atoms with Gasteiger partial charge in [0.15, 0.2) is 11.6 Å². The molecule has 1 aliphatic rings. The largest absolute Gasteiger partial charge is 0.494 e. The zero-order valence-electron chi connectivity index (χ0n) is 24.5. The molecule has 0 aliphatic carbocycles. The Bertz CT molecular complexity index is 1700. The Balaban J connectivity index is 1.53. The normalized spacial score (nSPS) is 15.0. The lowest BCUT2D eigenvalue weighted by Crippen LogP contribution is -2.33. The van der Waals surface area contributed by atoms with Gasteiger partial charge in [0.25, 0.3) is 0 Å². The Morgan fingerprint density at radius 2 is 1.72 bits per heavy atom. The summed E-state index contributed by atoms with van der Waals surface area (Å²) in [5.74, 6) is 1.31. The molecule has 0 unspecified atom stereocenters. The number of ether oxygens (including phenoxy) is 4. The van der Waals surface area contributed by atoms with E-state index in [1.165, 1.54) is 32.8 Å². The number of nitrogens with one attached hydrogen (secondary N) is 1. The van der Waals surface area contributed by atoms with E-state index >= 15 is 0 Å². The van der Waals surface area contributed by atoms with Gasteiger partial charge in [-0.2, -0.15) is 0 Å². The van der Waals surface area contributed by atoms with Crippen LogP contribution in [0.4, 0.5) is 5.95 Å². The van der Waals surface area contributed by atoms with Gasteiger partial charge in [-0.25, -0.2) is 18.4 Å². The highest BCUT2D eigenvalue weighted by atomic mass is 32.2. The van der Waals surface area contributed by atoms with E-state index in [4.69, 9.17) is 18.9 Å². The molecule has 4 heterocycles. The van der Waals surface area contributed by atoms with E-state index in [1.54, 1.807) is 43.0 Å². The third-order valence-corrected chi connectivity index (χ3v) is 8.78. The molecule has 226 valence electrons. The molecule has 13 nitrogen and oxygen atoms in total. The highest BCUT2D eigenvalue weighted by molar-refractivity contribution is 7.93. The van der Waals surface area contributed by atoms with Crippen LogP contribution in [0.3, 0.4) is 0 Å². The number of hydrogen-bond donors (Lipinski definition) is 1. The standard InChI is InChI=1S/C29H33N7O6S/c1-18-13-21(15-30-14-18)28-33-34-29(36(28)25-23(39-3)7-6-8-24(25)40-4)35-43(37,38)19(2)26(41-5)27-31-16-22(17-32-27)20-9-11-42-12-10-20/h6-9,13-17,19,26H,10-12H2,1-5H3,(H,34,35)/t19-,26-/m0/s1. The number of aryl methyl sites for hydroxylation is 1. The fourth-order valence-corrected chi connectivity index (χ4v) is 5.94. The molecule has 5 rings (SSSR count). The predicted octanol–water partition coefficient (Wildman–Crippen LogP) is 3.77. The third-order valence-electron chi connectivity index (χ3n) is 7.09. The van der Waals surface area contributed by atoms with Crippen molar-refractivity contribution in [3.8, 4) is 28.6 Å². The molecular weight excluding hydrogens is 574 g/mol. The molecule has 43 heavy (non-hydrogen) atoms. The van der Waals surface area contributed by atoms with Crippen LogP contribution in [0.1, 0.15) is 36.4 Å². The first kappa shape index (κ1) is 30.1. The van der Waals surface area contributed by atoms with Crippen LogP contribution in [0.15, 0.2) is 55.1 Å². The molecule has 0 amide bonds. The summed E-state index contributed by atoms with van der Waals surface area (Å²) in [4.78, 5) is 13.2. The van der Waals surface area contributed by atoms with Gasteiger partial charge in [0.2, 0.25) is 16.0 Å². The topological polar surface area (TPSA) is 152 Å². The van der Waals surface area contributed by atoms with Crippen LogP contribution in [0.2, 0.25) is 0 Å². The fourth-order valence-electron chi connectivity index (χ4n) is 4.81. The highest BCUT2D eigenvalue weighted by Crippen LogP contribution is 2.38. The van der Waals surface area contributed by atoms with Gasteiger partial charge in [0.05, 0.1) is 27.4 Å². The summed E-state index contributed by atoms with van der Waals surface area (Å²) < 4.78 is 54.1. The number of sulfonamides is 1. The first-order valence-corrected chi connectivity index (χ1v) is 15.0. The van der Waals surface area contributed by atoms with Crippen molar-refractivity contribution in [2.24, 2.45) is 0 Å². The smallest absolute Gasteiger partial charge is 0.243 e. The number of benzene rings is 1. The van der Waals surface area contributed by atoms with Crippen LogP contribution in [-0.4, -0.2) is 77.9 Å². The van der Waals surface area contributed by atoms with E-state index in [0.29, 0.717) is 41.8 Å². The number of hydrogen-bond acceptors (Lipinski definition) is 11. The molecule has 2 atom stereocenters. The van der Waals surface area contributed by atoms with Gasteiger partial charge in [0, 0.05) is 43.0 Å². The highest BCUT2D eigenvalue weighted by Gasteiger charge is 2.35. The second kappa shape index (κ2) is 12.9. The number of nitrogens with zero attached hydrogens (tertiary/aromatic N) is 6. The molecule has 1 aromatic carbocycles. The molecule has 0 bridgehead atoms. The van der Waals surface area contributed by atoms with Gasteiger partial charge in [-0.3, -0.25) is 14.3 Å². The zero-order valence-corrected chi connectivity index (χ0v) is 25.3. The monoisotopic (exact) mass is 607 g/mol. The second-order valence-corrected chi connectivity index (χ2v) is 11.9. The number of aromatic nitrogens is 6. The van der Waals surface area contributed by atoms with Crippen molar-refractivity contribution in [1.82, 2.24) is 29.7 Å². The van der Waals surface area contributed by atoms with E-state index in [0.717, 1.165) is 23.1 Å². The summed E-state index contributed by atoms with van der Waals surface area (Å²) in [7, 11) is 0.282. The first-order chi connectivity index (χ1) is 20.8. The van der Waals surface area contributed by atoms with Crippen molar-refractivity contribution in [3.05, 3.63) is 72.1 Å². The molecule has 1 N–H and O–H groups in total. The minimum atomic E-state index is -4.15. The maximum Gasteiger partial charge on any atom is 0.243 e. The van der Waals surface area contributed by atoms with Crippen molar-refractivity contribution < 1.29 is 27.4 Å². The number of rotatable bonds is 11. The van der Waals surface area contributed by atoms with Crippen LogP contribution in [-0.2, 0) is 19.5 Å². The van der Waals surface area contributed by atoms with Crippen molar-refractivity contribution >= 4 is 21.5 Å². The van der Waals surface area contributed by atoms with Crippen LogP contribution >= 0.6 is 0 Å². The fraction of sp³-hybridized carbons (Fsp3) is 0.345. The summed E-state index contributed by atoms with van der Waals surface area (Å²) >= 11 is 0. The van der Waals surface area contributed by atoms with Gasteiger partial charge in [-0.05, 0) is 49.6 Å². The Morgan fingerprint density at radius 3 is 2.33 bits per heavy atom. The van der Waals surface area contributed by atoms with E-state index in [-0.39, 0.29) is 11.8 Å². The summed E-state index contributed by atoms with van der Waals surface area (Å²) in [6.45, 7) is 4.58. The Morgan fingerprint density at radius 1 is 1.00 bits per heavy atom. The Kier molecular flexibility index (Phi) is 8.99. The van der Waals surface area contributed by atoms with Crippen LogP contribution < -0.4 is 14.2 Å². The molecule has 0 saturated carbocycles. The SMILES string of the molecule is COc1cccc(OC)c1-n1c(NS(=O)(=O)[C@@H](C)[C@H](OC)c2ncc(C3=CCOCC3)cn2)nnc1-c1cncc(C)c1. The molecule has 0 spiro atoms. The number of anilines is 1. The van der Waals surface area contributed by atoms with Gasteiger partial charge in [0.1, 0.15) is 28.5 Å². The first-order valence-electron chi connectivity index (χ1n) is 13.5. The molecule has 0 fully saturated rings. The van der Waals surface area contributed by atoms with Gasteiger partial charge < -0.3 is 18.9 Å². The van der Waals surface area contributed by atoms with E-state index in [1.807, 2.05) is 19.1 Å². The number of para-hydroxylation sites is 1. The van der Waals surface area contributed by atoms with Crippen LogP contribution in [0.5, 0.6) is 11.5 Å². The van der Waals surface area contributed by atoms with Crippen molar-refractivity contribution in [3.63, 3.8) is 0 Å². The lowest BCUT2D eigenvalue weighted by atomic mass is 10.1. The minimum Gasteiger partial charge on any atom is -0.494 e. The van der Waals surface area contributed by atoms with Crippen molar-refractivity contribution in [2.75, 3.05) is 39.3 Å². The summed E-state index contributed by atoms with van der Waals surface area (Å²) in [5.41, 5.74) is 3.84. The molecule has 3 aromatic heterocycles. The van der Waals surface area contributed by atoms with E-state index in [2.05, 4.69) is 29.9 Å². The molecule has 1 aliphatic heterocycles. The van der Waals surface area contributed by atoms with Crippen molar-refractivity contribution in [1.29, 1.82) is 0 Å². The maximum absolute atomic E-state index is 13.9. The lowest BCUT2D eigenvalue weighted by Gasteiger charge is -2.23. The summed E-state index contributed by atoms with van der Waals surface area (Å²) in [6.07, 6.45) is 8.43. The zero-order chi connectivity index (χ0) is 30.6.